The molecule has 23 heavy (non-hydrogen) atoms. The van der Waals surface area contributed by atoms with E-state index < -0.39 is 0 Å². The number of aryl methyl sites for hydroxylation is 2. The predicted molar refractivity (Wildman–Crippen MR) is 91.5 cm³/mol. The number of fused-ring (bicyclic) bond motifs is 4. The first-order chi connectivity index (χ1) is 11.1. The number of benzene rings is 2. The number of hydrogen-bond acceptors (Lipinski definition) is 3. The molecule has 2 aromatic heterocycles. The summed E-state index contributed by atoms with van der Waals surface area (Å²) in [5.41, 5.74) is 4.07. The minimum absolute atomic E-state index is 0.334. The third kappa shape index (κ3) is 1.84. The molecule has 0 aliphatic carbocycles. The van der Waals surface area contributed by atoms with Gasteiger partial charge in [-0.15, -0.1) is 0 Å². The Morgan fingerprint density at radius 1 is 1.04 bits per heavy atom. The van der Waals surface area contributed by atoms with Crippen molar-refractivity contribution in [3.05, 3.63) is 53.9 Å². The molecule has 0 N–H and O–H groups in total. The van der Waals surface area contributed by atoms with Crippen molar-refractivity contribution in [1.29, 1.82) is 0 Å². The van der Waals surface area contributed by atoms with Crippen LogP contribution < -0.4 is 4.84 Å². The zero-order valence-corrected chi connectivity index (χ0v) is 13.3. The second-order valence-electron chi connectivity index (χ2n) is 5.79. The lowest BCUT2D eigenvalue weighted by Gasteiger charge is -2.11. The summed E-state index contributed by atoms with van der Waals surface area (Å²) >= 11 is 0. The van der Waals surface area contributed by atoms with Crippen LogP contribution >= 0.6 is 0 Å². The van der Waals surface area contributed by atoms with Crippen molar-refractivity contribution in [2.45, 2.75) is 20.8 Å². The van der Waals surface area contributed by atoms with Crippen molar-refractivity contribution in [3.63, 3.8) is 0 Å². The Morgan fingerprint density at radius 3 is 2.61 bits per heavy atom. The Hall–Kier alpha value is -2.88. The van der Waals surface area contributed by atoms with Gasteiger partial charge in [0.2, 0.25) is 0 Å². The number of carbonyl (C=O) groups is 1. The van der Waals surface area contributed by atoms with E-state index in [1.807, 2.05) is 30.5 Å². The number of rotatable bonds is 1. The molecule has 2 heterocycles. The average molecular weight is 304 g/mol. The normalized spacial score (nSPS) is 11.4. The quantitative estimate of drug-likeness (QED) is 0.535. The summed E-state index contributed by atoms with van der Waals surface area (Å²) in [6.45, 7) is 5.58. The fraction of sp³-hybridized carbons (Fsp3) is 0.158. The van der Waals surface area contributed by atoms with Gasteiger partial charge in [-0.05, 0) is 42.5 Å². The third-order valence-corrected chi connectivity index (χ3v) is 4.41. The second kappa shape index (κ2) is 4.81. The van der Waals surface area contributed by atoms with Crippen molar-refractivity contribution in [1.82, 2.24) is 9.71 Å². The van der Waals surface area contributed by atoms with Gasteiger partial charge in [-0.2, -0.15) is 4.73 Å². The topological polar surface area (TPSA) is 44.1 Å². The maximum Gasteiger partial charge on any atom is 0.329 e. The van der Waals surface area contributed by atoms with E-state index in [0.29, 0.717) is 0 Å². The van der Waals surface area contributed by atoms with Crippen molar-refractivity contribution >= 4 is 38.5 Å². The Morgan fingerprint density at radius 2 is 1.83 bits per heavy atom. The Kier molecular flexibility index (Phi) is 2.88. The first-order valence-electron chi connectivity index (χ1n) is 7.54. The van der Waals surface area contributed by atoms with Crippen LogP contribution in [-0.4, -0.2) is 15.7 Å². The average Bonchev–Trinajstić information content (AvgIpc) is 2.87. The molecular formula is C19H16N2O2. The van der Waals surface area contributed by atoms with E-state index in [2.05, 4.69) is 24.9 Å². The lowest BCUT2D eigenvalue weighted by molar-refractivity contribution is -0.140. The van der Waals surface area contributed by atoms with Crippen LogP contribution in [0, 0.1) is 13.8 Å². The van der Waals surface area contributed by atoms with Gasteiger partial charge in [0, 0.05) is 35.5 Å². The van der Waals surface area contributed by atoms with Gasteiger partial charge in [-0.3, -0.25) is 4.98 Å². The van der Waals surface area contributed by atoms with Gasteiger partial charge in [0.05, 0.1) is 11.0 Å². The molecular weight excluding hydrogens is 288 g/mol. The monoisotopic (exact) mass is 304 g/mol. The number of hydrogen-bond donors (Lipinski definition) is 0. The van der Waals surface area contributed by atoms with E-state index in [1.165, 1.54) is 6.92 Å². The summed E-state index contributed by atoms with van der Waals surface area (Å²) in [4.78, 5) is 21.4. The second-order valence-corrected chi connectivity index (χ2v) is 5.79. The molecule has 114 valence electrons. The summed E-state index contributed by atoms with van der Waals surface area (Å²) in [5, 5.41) is 4.44. The number of aromatic nitrogens is 2. The van der Waals surface area contributed by atoms with Crippen LogP contribution in [0.2, 0.25) is 0 Å². The Labute approximate surface area is 133 Å². The maximum absolute atomic E-state index is 11.6. The predicted octanol–water partition coefficient (Wildman–Crippen LogP) is 3.93. The molecule has 0 fully saturated rings. The molecule has 4 nitrogen and oxygen atoms in total. The minimum Gasteiger partial charge on any atom is -0.336 e. The van der Waals surface area contributed by atoms with Crippen LogP contribution in [0.15, 0.2) is 42.7 Å². The molecule has 4 rings (SSSR count). The molecule has 0 bridgehead atoms. The van der Waals surface area contributed by atoms with E-state index in [9.17, 15) is 4.79 Å². The number of para-hydroxylation sites is 1. The zero-order valence-electron chi connectivity index (χ0n) is 13.3. The number of carbonyl (C=O) groups excluding carboxylic acids is 1. The summed E-state index contributed by atoms with van der Waals surface area (Å²) in [7, 11) is 0. The molecule has 0 spiro atoms. The molecule has 0 saturated heterocycles. The first kappa shape index (κ1) is 13.8. The highest BCUT2D eigenvalue weighted by Gasteiger charge is 2.19. The summed E-state index contributed by atoms with van der Waals surface area (Å²) in [6, 6.07) is 9.99. The highest BCUT2D eigenvalue weighted by molar-refractivity contribution is 6.16. The van der Waals surface area contributed by atoms with E-state index in [1.54, 1.807) is 10.9 Å². The third-order valence-electron chi connectivity index (χ3n) is 4.41. The summed E-state index contributed by atoms with van der Waals surface area (Å²) < 4.78 is 1.66. The van der Waals surface area contributed by atoms with Crippen LogP contribution in [0.4, 0.5) is 0 Å². The van der Waals surface area contributed by atoms with Crippen molar-refractivity contribution in [2.24, 2.45) is 0 Å². The lowest BCUT2D eigenvalue weighted by atomic mass is 9.97. The van der Waals surface area contributed by atoms with E-state index in [-0.39, 0.29) is 5.97 Å². The van der Waals surface area contributed by atoms with E-state index in [0.717, 1.165) is 43.7 Å². The molecule has 4 heteroatoms. The van der Waals surface area contributed by atoms with Crippen molar-refractivity contribution in [2.75, 3.05) is 0 Å². The zero-order chi connectivity index (χ0) is 16.1. The fourth-order valence-corrected chi connectivity index (χ4v) is 3.44. The highest BCUT2D eigenvalue weighted by Crippen LogP contribution is 2.37. The molecule has 4 aromatic rings. The minimum atomic E-state index is -0.334. The number of pyridine rings is 1. The largest absolute Gasteiger partial charge is 0.336 e. The molecule has 0 aliphatic rings. The van der Waals surface area contributed by atoms with Gasteiger partial charge in [0.1, 0.15) is 0 Å². The molecule has 2 aromatic carbocycles. The standard InChI is InChI=1S/C19H16N2O2/c1-11-16-10-20-9-8-14(16)12(2)19-18(11)15-6-4-5-7-17(15)21(19)23-13(3)22/h4-10H,1-3H3. The van der Waals surface area contributed by atoms with Crippen LogP contribution in [0.25, 0.3) is 32.6 Å². The maximum atomic E-state index is 11.6. The van der Waals surface area contributed by atoms with Crippen LogP contribution in [0.1, 0.15) is 18.1 Å². The smallest absolute Gasteiger partial charge is 0.329 e. The fourth-order valence-electron chi connectivity index (χ4n) is 3.44. The van der Waals surface area contributed by atoms with Gasteiger partial charge in [-0.25, -0.2) is 4.79 Å². The van der Waals surface area contributed by atoms with Crippen LogP contribution in [-0.2, 0) is 4.79 Å². The van der Waals surface area contributed by atoms with Gasteiger partial charge >= 0.3 is 5.97 Å². The molecule has 0 aliphatic heterocycles. The van der Waals surface area contributed by atoms with Crippen LogP contribution in [0.5, 0.6) is 0 Å². The first-order valence-corrected chi connectivity index (χ1v) is 7.54. The van der Waals surface area contributed by atoms with Crippen LogP contribution in [0.3, 0.4) is 0 Å². The van der Waals surface area contributed by atoms with Gasteiger partial charge in [-0.1, -0.05) is 18.2 Å². The SMILES string of the molecule is CC(=O)On1c2ccccc2c2c(C)c3cnccc3c(C)c21. The number of nitrogens with zero attached hydrogens (tertiary/aromatic N) is 2. The Balaban J connectivity index is 2.33. The van der Waals surface area contributed by atoms with E-state index in [4.69, 9.17) is 4.84 Å². The van der Waals surface area contributed by atoms with Gasteiger partial charge in [0.15, 0.2) is 0 Å². The van der Waals surface area contributed by atoms with Gasteiger partial charge < -0.3 is 4.84 Å². The van der Waals surface area contributed by atoms with E-state index >= 15 is 0 Å². The lowest BCUT2D eigenvalue weighted by Crippen LogP contribution is -2.16. The molecule has 0 radical (unpaired) electrons. The summed E-state index contributed by atoms with van der Waals surface area (Å²) in [5.74, 6) is -0.334. The highest BCUT2D eigenvalue weighted by atomic mass is 16.7. The molecule has 0 unspecified atom stereocenters. The molecule has 0 amide bonds. The molecule has 0 atom stereocenters. The Bertz CT molecular complexity index is 1090. The molecule has 0 saturated carbocycles. The van der Waals surface area contributed by atoms with Gasteiger partial charge in [0.25, 0.3) is 0 Å². The van der Waals surface area contributed by atoms with Crippen molar-refractivity contribution < 1.29 is 9.63 Å². The van der Waals surface area contributed by atoms with Crippen molar-refractivity contribution in [3.8, 4) is 0 Å². The summed E-state index contributed by atoms with van der Waals surface area (Å²) in [6.07, 6.45) is 3.69.